The van der Waals surface area contributed by atoms with Crippen molar-refractivity contribution < 1.29 is 38.4 Å². The summed E-state index contributed by atoms with van der Waals surface area (Å²) in [7, 11) is 0. The van der Waals surface area contributed by atoms with Crippen LogP contribution in [0.25, 0.3) is 0 Å². The van der Waals surface area contributed by atoms with Gasteiger partial charge in [-0.25, -0.2) is 0 Å². The highest BCUT2D eigenvalue weighted by Gasteiger charge is 2.83. The number of carbonyl (C=O) groups excluding carboxylic acids is 3. The van der Waals surface area contributed by atoms with Crippen LogP contribution in [0.2, 0.25) is 0 Å². The van der Waals surface area contributed by atoms with E-state index < -0.39 is 53.9 Å². The molecule has 7 unspecified atom stereocenters. The second-order valence-electron chi connectivity index (χ2n) is 11.3. The number of unbranched alkanes of at least 4 members (excludes halogenated alkanes) is 3. The SMILES string of the molecule is CCCCCCC(C)/C=C(C)/C=C/C(=O)NC1CC2(OC1OC(C)=O)C1OC1C(O)(CC(C)=O)C1OC12. The van der Waals surface area contributed by atoms with E-state index in [4.69, 9.17) is 18.9 Å². The van der Waals surface area contributed by atoms with E-state index in [1.807, 2.05) is 6.92 Å². The van der Waals surface area contributed by atoms with E-state index in [2.05, 4.69) is 25.2 Å². The van der Waals surface area contributed by atoms with E-state index in [1.165, 1.54) is 45.6 Å². The summed E-state index contributed by atoms with van der Waals surface area (Å²) in [4.78, 5) is 36.3. The summed E-state index contributed by atoms with van der Waals surface area (Å²) in [6, 6.07) is -0.614. The largest absolute Gasteiger partial charge is 0.434 e. The first kappa shape index (κ1) is 28.0. The quantitative estimate of drug-likeness (QED) is 0.133. The van der Waals surface area contributed by atoms with Crippen LogP contribution in [0.1, 0.15) is 79.6 Å². The van der Waals surface area contributed by atoms with Gasteiger partial charge in [-0.05, 0) is 26.2 Å². The Morgan fingerprint density at radius 1 is 1.05 bits per heavy atom. The summed E-state index contributed by atoms with van der Waals surface area (Å²) < 4.78 is 23.2. The summed E-state index contributed by atoms with van der Waals surface area (Å²) in [5.41, 5.74) is -1.36. The maximum absolute atomic E-state index is 12.8. The Morgan fingerprint density at radius 2 is 1.73 bits per heavy atom. The molecule has 0 radical (unpaired) electrons. The molecule has 3 heterocycles. The normalized spacial score (nSPS) is 38.7. The van der Waals surface area contributed by atoms with Crippen molar-refractivity contribution in [2.24, 2.45) is 5.92 Å². The number of ether oxygens (including phenoxy) is 4. The number of nitrogens with one attached hydrogen (secondary N) is 1. The molecule has 7 atom stereocenters. The van der Waals surface area contributed by atoms with Crippen molar-refractivity contribution in [2.45, 2.75) is 128 Å². The van der Waals surface area contributed by atoms with Gasteiger partial charge in [0.1, 0.15) is 41.4 Å². The third-order valence-corrected chi connectivity index (χ3v) is 7.83. The maximum atomic E-state index is 12.8. The van der Waals surface area contributed by atoms with Gasteiger partial charge in [-0.3, -0.25) is 14.4 Å². The number of hydrogen-bond acceptors (Lipinski definition) is 8. The monoisotopic (exact) mass is 519 g/mol. The lowest BCUT2D eigenvalue weighted by Crippen LogP contribution is -2.57. The van der Waals surface area contributed by atoms with Crippen molar-refractivity contribution in [2.75, 3.05) is 0 Å². The first-order valence-corrected chi connectivity index (χ1v) is 13.5. The van der Waals surface area contributed by atoms with E-state index in [-0.39, 0.29) is 18.1 Å². The zero-order chi connectivity index (χ0) is 27.0. The third-order valence-electron chi connectivity index (χ3n) is 7.83. The molecule has 1 amide bonds. The highest BCUT2D eigenvalue weighted by Crippen LogP contribution is 2.63. The number of esters is 1. The summed E-state index contributed by atoms with van der Waals surface area (Å²) in [6.07, 6.45) is 8.47. The Balaban J connectivity index is 1.38. The number of Topliss-reactive ketones (excluding diaryl/α,β-unsaturated/α-hetero) is 1. The van der Waals surface area contributed by atoms with Gasteiger partial charge in [-0.2, -0.15) is 0 Å². The van der Waals surface area contributed by atoms with Crippen molar-refractivity contribution in [1.82, 2.24) is 5.32 Å². The van der Waals surface area contributed by atoms with Gasteiger partial charge in [0.05, 0.1) is 6.04 Å². The van der Waals surface area contributed by atoms with Crippen LogP contribution in [0.3, 0.4) is 0 Å². The number of epoxide rings is 2. The minimum Gasteiger partial charge on any atom is -0.434 e. The predicted octanol–water partition coefficient (Wildman–Crippen LogP) is 2.89. The fourth-order valence-electron chi connectivity index (χ4n) is 6.11. The molecular weight excluding hydrogens is 478 g/mol. The minimum absolute atomic E-state index is 0.0615. The van der Waals surface area contributed by atoms with E-state index in [0.717, 1.165) is 12.0 Å². The number of rotatable bonds is 12. The molecule has 9 nitrogen and oxygen atoms in total. The molecule has 0 aromatic carbocycles. The number of amides is 1. The lowest BCUT2D eigenvalue weighted by Gasteiger charge is -2.33. The van der Waals surface area contributed by atoms with Crippen LogP contribution in [0.5, 0.6) is 0 Å². The van der Waals surface area contributed by atoms with Crippen LogP contribution in [0.4, 0.5) is 0 Å². The third kappa shape index (κ3) is 6.00. The first-order valence-electron chi connectivity index (χ1n) is 13.5. The number of ketones is 1. The number of carbonyl (C=O) groups is 3. The highest BCUT2D eigenvalue weighted by molar-refractivity contribution is 5.88. The van der Waals surface area contributed by atoms with E-state index >= 15 is 0 Å². The van der Waals surface area contributed by atoms with Crippen LogP contribution in [-0.4, -0.2) is 70.7 Å². The molecule has 1 saturated carbocycles. The average molecular weight is 520 g/mol. The summed E-state index contributed by atoms with van der Waals surface area (Å²) in [5.74, 6) is -0.572. The Labute approximate surface area is 218 Å². The van der Waals surface area contributed by atoms with Gasteiger partial charge in [-0.1, -0.05) is 57.3 Å². The maximum Gasteiger partial charge on any atom is 0.305 e. The number of allylic oxidation sites excluding steroid dienone is 3. The van der Waals surface area contributed by atoms with E-state index in [9.17, 15) is 19.5 Å². The van der Waals surface area contributed by atoms with Gasteiger partial charge in [0.2, 0.25) is 12.2 Å². The van der Waals surface area contributed by atoms with Crippen LogP contribution in [0.15, 0.2) is 23.8 Å². The lowest BCUT2D eigenvalue weighted by molar-refractivity contribution is -0.196. The van der Waals surface area contributed by atoms with Crippen molar-refractivity contribution in [3.8, 4) is 0 Å². The Kier molecular flexibility index (Phi) is 8.28. The van der Waals surface area contributed by atoms with Gasteiger partial charge >= 0.3 is 5.97 Å². The smallest absolute Gasteiger partial charge is 0.305 e. The zero-order valence-corrected chi connectivity index (χ0v) is 22.5. The van der Waals surface area contributed by atoms with Gasteiger partial charge < -0.3 is 29.4 Å². The fourth-order valence-corrected chi connectivity index (χ4v) is 6.11. The molecule has 4 rings (SSSR count). The minimum atomic E-state index is -1.40. The fraction of sp³-hybridized carbons (Fsp3) is 0.750. The molecule has 2 N–H and O–H groups in total. The summed E-state index contributed by atoms with van der Waals surface area (Å²) in [5, 5.41) is 14.0. The van der Waals surface area contributed by atoms with Crippen LogP contribution < -0.4 is 5.32 Å². The molecular formula is C28H41NO8. The Hall–Kier alpha value is -2.07. The topological polar surface area (TPSA) is 127 Å². The molecule has 1 spiro atoms. The van der Waals surface area contributed by atoms with Crippen molar-refractivity contribution in [3.05, 3.63) is 23.8 Å². The number of hydrogen-bond donors (Lipinski definition) is 2. The lowest BCUT2D eigenvalue weighted by atomic mass is 9.72. The molecule has 3 aliphatic heterocycles. The molecule has 4 fully saturated rings. The first-order chi connectivity index (χ1) is 17.5. The second kappa shape index (κ2) is 11.0. The van der Waals surface area contributed by atoms with Crippen molar-refractivity contribution in [1.29, 1.82) is 0 Å². The molecule has 206 valence electrons. The van der Waals surface area contributed by atoms with Crippen LogP contribution in [0, 0.1) is 5.92 Å². The van der Waals surface area contributed by atoms with E-state index in [1.54, 1.807) is 6.08 Å². The van der Waals surface area contributed by atoms with Gasteiger partial charge in [-0.15, -0.1) is 0 Å². The number of fused-ring (bicyclic) bond motifs is 4. The molecule has 3 saturated heterocycles. The molecule has 0 aromatic heterocycles. The van der Waals surface area contributed by atoms with Crippen molar-refractivity contribution in [3.63, 3.8) is 0 Å². The Morgan fingerprint density at radius 3 is 2.32 bits per heavy atom. The van der Waals surface area contributed by atoms with E-state index in [0.29, 0.717) is 12.3 Å². The molecule has 1 aliphatic carbocycles. The van der Waals surface area contributed by atoms with Gasteiger partial charge in [0.15, 0.2) is 0 Å². The van der Waals surface area contributed by atoms with Gasteiger partial charge in [0.25, 0.3) is 0 Å². The standard InChI is InChI=1S/C28H41NO8/c1-6-7-8-9-10-16(2)13-17(3)11-12-21(32)29-20-15-28(37-26(20)34-19(5)31)24-22(35-24)27(33,14-18(4)30)23-25(28)36-23/h11-13,16,20,22-26,33H,6-10,14-15H2,1-5H3,(H,29,32)/b12-11+,17-13+. The predicted molar refractivity (Wildman–Crippen MR) is 134 cm³/mol. The second-order valence-corrected chi connectivity index (χ2v) is 11.3. The number of aliphatic hydroxyl groups is 1. The summed E-state index contributed by atoms with van der Waals surface area (Å²) >= 11 is 0. The molecule has 37 heavy (non-hydrogen) atoms. The van der Waals surface area contributed by atoms with Crippen LogP contribution in [-0.2, 0) is 33.3 Å². The molecule has 0 bridgehead atoms. The molecule has 4 aliphatic rings. The molecule has 9 heteroatoms. The molecule has 0 aromatic rings. The zero-order valence-electron chi connectivity index (χ0n) is 22.5. The summed E-state index contributed by atoms with van der Waals surface area (Å²) in [6.45, 7) is 9.06. The highest BCUT2D eigenvalue weighted by atomic mass is 16.8. The Bertz CT molecular complexity index is 940. The van der Waals surface area contributed by atoms with Crippen molar-refractivity contribution >= 4 is 17.7 Å². The average Bonchev–Trinajstić information content (AvgIpc) is 3.71. The van der Waals surface area contributed by atoms with Gasteiger partial charge in [0, 0.05) is 25.8 Å². The van der Waals surface area contributed by atoms with Crippen LogP contribution >= 0.6 is 0 Å².